The number of nitro groups is 1. The monoisotopic (exact) mass is 290 g/mol. The number of hydrogen-bond acceptors (Lipinski definition) is 4. The minimum atomic E-state index is -0.875. The predicted octanol–water partition coefficient (Wildman–Crippen LogP) is 0.969. The second kappa shape index (κ2) is 5.61. The van der Waals surface area contributed by atoms with Gasteiger partial charge in [-0.25, -0.2) is 4.79 Å². The van der Waals surface area contributed by atoms with Crippen LogP contribution < -0.4 is 16.0 Å². The number of rotatable bonds is 3. The average Bonchev–Trinajstić information content (AvgIpc) is 2.45. The van der Waals surface area contributed by atoms with E-state index in [0.717, 1.165) is 0 Å². The van der Waals surface area contributed by atoms with Crippen LogP contribution in [0, 0.1) is 10.1 Å². The molecule has 1 aromatic carbocycles. The van der Waals surface area contributed by atoms with Crippen LogP contribution in [0.15, 0.2) is 35.5 Å². The van der Waals surface area contributed by atoms with Gasteiger partial charge in [-0.2, -0.15) is 0 Å². The Bertz CT molecular complexity index is 653. The van der Waals surface area contributed by atoms with Gasteiger partial charge >= 0.3 is 6.03 Å². The van der Waals surface area contributed by atoms with Crippen molar-refractivity contribution in [3.8, 4) is 0 Å². The largest absolute Gasteiger partial charge is 0.355 e. The van der Waals surface area contributed by atoms with Gasteiger partial charge in [-0.05, 0) is 13.0 Å². The minimum absolute atomic E-state index is 0.154. The number of carbonyl (C=O) groups excluding carboxylic acids is 2. The summed E-state index contributed by atoms with van der Waals surface area (Å²) in [6.07, 6.45) is 0. The molecule has 0 fully saturated rings. The molecule has 0 radical (unpaired) electrons. The van der Waals surface area contributed by atoms with E-state index < -0.39 is 22.9 Å². The molecule has 1 unspecified atom stereocenters. The Hall–Kier alpha value is -2.90. The number of nitrogens with zero attached hydrogens (tertiary/aromatic N) is 1. The van der Waals surface area contributed by atoms with Crippen molar-refractivity contribution in [2.45, 2.75) is 13.0 Å². The van der Waals surface area contributed by atoms with Gasteiger partial charge in [-0.1, -0.05) is 12.1 Å². The van der Waals surface area contributed by atoms with E-state index in [4.69, 9.17) is 0 Å². The minimum Gasteiger partial charge on any atom is -0.355 e. The van der Waals surface area contributed by atoms with Crippen LogP contribution >= 0.6 is 0 Å². The molecule has 0 spiro atoms. The van der Waals surface area contributed by atoms with Crippen molar-refractivity contribution in [1.29, 1.82) is 0 Å². The van der Waals surface area contributed by atoms with Crippen molar-refractivity contribution in [3.63, 3.8) is 0 Å². The summed E-state index contributed by atoms with van der Waals surface area (Å²) in [5.41, 5.74) is 0.710. The molecule has 110 valence electrons. The van der Waals surface area contributed by atoms with Crippen LogP contribution in [0.2, 0.25) is 0 Å². The fourth-order valence-electron chi connectivity index (χ4n) is 2.26. The van der Waals surface area contributed by atoms with Gasteiger partial charge in [-0.15, -0.1) is 0 Å². The summed E-state index contributed by atoms with van der Waals surface area (Å²) in [6, 6.07) is 4.61. The average molecular weight is 290 g/mol. The first-order valence-electron chi connectivity index (χ1n) is 6.19. The molecule has 1 aliphatic heterocycles. The van der Waals surface area contributed by atoms with E-state index in [0.29, 0.717) is 5.70 Å². The zero-order chi connectivity index (χ0) is 15.6. The Morgan fingerprint density at radius 1 is 1.38 bits per heavy atom. The van der Waals surface area contributed by atoms with Gasteiger partial charge < -0.3 is 16.0 Å². The van der Waals surface area contributed by atoms with Gasteiger partial charge in [0, 0.05) is 18.8 Å². The molecule has 1 atom stereocenters. The number of likely N-dealkylation sites (N-methyl/N-ethyl adjacent to an activating group) is 1. The normalized spacial score (nSPS) is 17.8. The summed E-state index contributed by atoms with van der Waals surface area (Å²) in [6.45, 7) is 1.57. The first kappa shape index (κ1) is 14.5. The Morgan fingerprint density at radius 3 is 2.67 bits per heavy atom. The lowest BCUT2D eigenvalue weighted by atomic mass is 9.93. The maximum atomic E-state index is 12.0. The third kappa shape index (κ3) is 2.69. The first-order chi connectivity index (χ1) is 9.95. The molecule has 0 aliphatic carbocycles. The predicted molar refractivity (Wildman–Crippen MR) is 74.3 cm³/mol. The number of urea groups is 1. The highest BCUT2D eigenvalue weighted by Crippen LogP contribution is 2.32. The second-order valence-corrected chi connectivity index (χ2v) is 4.47. The molecular weight excluding hydrogens is 276 g/mol. The van der Waals surface area contributed by atoms with Crippen molar-refractivity contribution in [2.24, 2.45) is 0 Å². The van der Waals surface area contributed by atoms with Crippen molar-refractivity contribution in [3.05, 3.63) is 51.2 Å². The van der Waals surface area contributed by atoms with E-state index in [1.54, 1.807) is 13.0 Å². The Morgan fingerprint density at radius 2 is 2.05 bits per heavy atom. The zero-order valence-electron chi connectivity index (χ0n) is 11.5. The fourth-order valence-corrected chi connectivity index (χ4v) is 2.26. The second-order valence-electron chi connectivity index (χ2n) is 4.47. The third-order valence-corrected chi connectivity index (χ3v) is 3.19. The van der Waals surface area contributed by atoms with Gasteiger partial charge in [0.1, 0.15) is 0 Å². The van der Waals surface area contributed by atoms with E-state index in [1.807, 2.05) is 0 Å². The highest BCUT2D eigenvalue weighted by molar-refractivity contribution is 5.98. The Balaban J connectivity index is 2.60. The number of hydrogen-bond donors (Lipinski definition) is 3. The van der Waals surface area contributed by atoms with E-state index in [-0.39, 0.29) is 16.8 Å². The van der Waals surface area contributed by atoms with Crippen molar-refractivity contribution in [2.75, 3.05) is 7.05 Å². The zero-order valence-corrected chi connectivity index (χ0v) is 11.5. The van der Waals surface area contributed by atoms with Crippen LogP contribution in [0.3, 0.4) is 0 Å². The number of nitrogens with one attached hydrogen (secondary N) is 3. The van der Waals surface area contributed by atoms with Gasteiger partial charge in [0.15, 0.2) is 0 Å². The van der Waals surface area contributed by atoms with Crippen LogP contribution in [0.1, 0.15) is 18.5 Å². The summed E-state index contributed by atoms with van der Waals surface area (Å²) in [5.74, 6) is -0.414. The summed E-state index contributed by atoms with van der Waals surface area (Å²) in [7, 11) is 1.45. The number of carbonyl (C=O) groups is 2. The molecule has 21 heavy (non-hydrogen) atoms. The third-order valence-electron chi connectivity index (χ3n) is 3.19. The van der Waals surface area contributed by atoms with Gasteiger partial charge in [0.25, 0.3) is 11.6 Å². The van der Waals surface area contributed by atoms with Crippen LogP contribution in [0.25, 0.3) is 0 Å². The fraction of sp³-hybridized carbons (Fsp3) is 0.231. The highest BCUT2D eigenvalue weighted by atomic mass is 16.6. The Labute approximate surface area is 120 Å². The van der Waals surface area contributed by atoms with Crippen LogP contribution in [0.4, 0.5) is 10.5 Å². The molecule has 3 amide bonds. The highest BCUT2D eigenvalue weighted by Gasteiger charge is 2.34. The van der Waals surface area contributed by atoms with E-state index in [2.05, 4.69) is 16.0 Å². The standard InChI is InChI=1S/C13H14N4O4/c1-7-10(12(18)14-2)11(16-13(19)15-7)8-5-3-4-6-9(8)17(20)21/h3-6,11H,1-2H3,(H,14,18)(H2,15,16,19). The molecule has 0 saturated heterocycles. The summed E-state index contributed by atoms with van der Waals surface area (Å²) < 4.78 is 0. The van der Waals surface area contributed by atoms with E-state index in [9.17, 15) is 19.7 Å². The smallest absolute Gasteiger partial charge is 0.319 e. The van der Waals surface area contributed by atoms with Gasteiger partial charge in [-0.3, -0.25) is 14.9 Å². The Kier molecular flexibility index (Phi) is 3.88. The summed E-state index contributed by atoms with van der Waals surface area (Å²) in [4.78, 5) is 34.2. The van der Waals surface area contributed by atoms with Crippen molar-refractivity contribution >= 4 is 17.6 Å². The number of nitro benzene ring substituents is 1. The number of amides is 3. The van der Waals surface area contributed by atoms with Crippen molar-refractivity contribution < 1.29 is 14.5 Å². The lowest BCUT2D eigenvalue weighted by Crippen LogP contribution is -2.46. The SMILES string of the molecule is CNC(=O)C1=C(C)NC(=O)NC1c1ccccc1[N+](=O)[O-]. The molecule has 8 nitrogen and oxygen atoms in total. The summed E-state index contributed by atoms with van der Waals surface area (Å²) >= 11 is 0. The molecule has 1 heterocycles. The number of allylic oxidation sites excluding steroid dienone is 1. The molecule has 1 aromatic rings. The molecule has 1 aliphatic rings. The van der Waals surface area contributed by atoms with Crippen molar-refractivity contribution in [1.82, 2.24) is 16.0 Å². The number of para-hydroxylation sites is 1. The molecular formula is C13H14N4O4. The molecule has 8 heteroatoms. The van der Waals surface area contributed by atoms with Crippen LogP contribution in [-0.4, -0.2) is 23.9 Å². The maximum Gasteiger partial charge on any atom is 0.319 e. The topological polar surface area (TPSA) is 113 Å². The first-order valence-corrected chi connectivity index (χ1v) is 6.19. The van der Waals surface area contributed by atoms with Crippen LogP contribution in [0.5, 0.6) is 0 Å². The van der Waals surface area contributed by atoms with Gasteiger partial charge in [0.05, 0.1) is 22.1 Å². The maximum absolute atomic E-state index is 12.0. The summed E-state index contributed by atoms with van der Waals surface area (Å²) in [5, 5.41) is 18.6. The quantitative estimate of drug-likeness (QED) is 0.568. The lowest BCUT2D eigenvalue weighted by molar-refractivity contribution is -0.385. The van der Waals surface area contributed by atoms with Crippen LogP contribution in [-0.2, 0) is 4.79 Å². The lowest BCUT2D eigenvalue weighted by Gasteiger charge is -2.28. The van der Waals surface area contributed by atoms with E-state index >= 15 is 0 Å². The molecule has 3 N–H and O–H groups in total. The molecule has 2 rings (SSSR count). The molecule has 0 aromatic heterocycles. The molecule has 0 bridgehead atoms. The molecule has 0 saturated carbocycles. The number of benzene rings is 1. The van der Waals surface area contributed by atoms with Gasteiger partial charge in [0.2, 0.25) is 0 Å². The van der Waals surface area contributed by atoms with E-state index in [1.165, 1.54) is 25.2 Å².